The predicted molar refractivity (Wildman–Crippen MR) is 94.5 cm³/mol. The maximum Gasteiger partial charge on any atom is 0.253 e. The minimum absolute atomic E-state index is 0.270. The first-order chi connectivity index (χ1) is 11.4. The average Bonchev–Trinajstić information content (AvgIpc) is 3.05. The summed E-state index contributed by atoms with van der Waals surface area (Å²) in [6, 6.07) is 10.1. The Balaban J connectivity index is 2.06. The van der Waals surface area contributed by atoms with E-state index in [0.717, 1.165) is 22.4 Å². The zero-order valence-corrected chi connectivity index (χ0v) is 15.3. The van der Waals surface area contributed by atoms with Crippen molar-refractivity contribution >= 4 is 27.3 Å². The minimum atomic E-state index is -3.71. The molecule has 1 aliphatic heterocycles. The Bertz CT molecular complexity index is 858. The Hall–Kier alpha value is -1.70. The van der Waals surface area contributed by atoms with Crippen LogP contribution in [-0.2, 0) is 21.2 Å². The van der Waals surface area contributed by atoms with E-state index in [2.05, 4.69) is 5.32 Å². The molecule has 0 aliphatic carbocycles. The minimum Gasteiger partial charge on any atom is -0.353 e. The van der Waals surface area contributed by atoms with Crippen LogP contribution in [0.4, 0.5) is 0 Å². The van der Waals surface area contributed by atoms with Gasteiger partial charge < -0.3 is 5.32 Å². The first-order valence-corrected chi connectivity index (χ1v) is 10.1. The number of nitrogens with zero attached hydrogens (tertiary/aromatic N) is 1. The number of hydrogen-bond acceptors (Lipinski definition) is 4. The third-order valence-electron chi connectivity index (χ3n) is 4.20. The number of carbonyl (C=O) groups excluding carboxylic acids is 1. The van der Waals surface area contributed by atoms with E-state index in [0.29, 0.717) is 10.8 Å². The van der Waals surface area contributed by atoms with Gasteiger partial charge in [-0.3, -0.25) is 4.79 Å². The predicted octanol–water partition coefficient (Wildman–Crippen LogP) is 2.48. The highest BCUT2D eigenvalue weighted by Gasteiger charge is 2.40. The second kappa shape index (κ2) is 6.66. The van der Waals surface area contributed by atoms with Gasteiger partial charge in [-0.15, -0.1) is 11.3 Å². The molecule has 1 amide bonds. The van der Waals surface area contributed by atoms with Gasteiger partial charge in [-0.25, -0.2) is 8.42 Å². The Morgan fingerprint density at radius 3 is 2.67 bits per heavy atom. The molecule has 5 nitrogen and oxygen atoms in total. The van der Waals surface area contributed by atoms with E-state index < -0.39 is 16.1 Å². The topological polar surface area (TPSA) is 66.5 Å². The van der Waals surface area contributed by atoms with Crippen molar-refractivity contribution in [3.8, 4) is 0 Å². The third-order valence-corrected chi connectivity index (χ3v) is 7.76. The molecule has 3 rings (SSSR count). The first-order valence-electron chi connectivity index (χ1n) is 7.89. The maximum absolute atomic E-state index is 13.1. The third kappa shape index (κ3) is 2.99. The molecule has 1 aromatic carbocycles. The Morgan fingerprint density at radius 1 is 1.25 bits per heavy atom. The normalized spacial score (nSPS) is 19.2. The van der Waals surface area contributed by atoms with Crippen LogP contribution in [0.25, 0.3) is 0 Å². The van der Waals surface area contributed by atoms with E-state index in [-0.39, 0.29) is 12.5 Å². The number of piperazine rings is 1. The van der Waals surface area contributed by atoms with Gasteiger partial charge >= 0.3 is 0 Å². The average molecular weight is 364 g/mol. The number of aryl methyl sites for hydroxylation is 2. The van der Waals surface area contributed by atoms with Crippen molar-refractivity contribution in [3.63, 3.8) is 0 Å². The summed E-state index contributed by atoms with van der Waals surface area (Å²) in [5, 5.41) is 2.79. The second-order valence-corrected chi connectivity index (χ2v) is 9.03. The fraction of sp³-hybridized carbons (Fsp3) is 0.353. The summed E-state index contributed by atoms with van der Waals surface area (Å²) in [7, 11) is -3.71. The van der Waals surface area contributed by atoms with Crippen molar-refractivity contribution in [2.24, 2.45) is 0 Å². The largest absolute Gasteiger partial charge is 0.353 e. The number of amides is 1. The van der Waals surface area contributed by atoms with Gasteiger partial charge in [0.1, 0.15) is 10.3 Å². The molecule has 1 fully saturated rings. The molecule has 2 aromatic rings. The highest BCUT2D eigenvalue weighted by Crippen LogP contribution is 2.33. The molecule has 1 N–H and O–H groups in total. The van der Waals surface area contributed by atoms with E-state index in [1.165, 1.54) is 15.6 Å². The molecule has 24 heavy (non-hydrogen) atoms. The van der Waals surface area contributed by atoms with Crippen LogP contribution in [0.15, 0.2) is 40.6 Å². The van der Waals surface area contributed by atoms with Gasteiger partial charge in [0.15, 0.2) is 0 Å². The summed E-state index contributed by atoms with van der Waals surface area (Å²) in [6.07, 6.45) is 0.794. The van der Waals surface area contributed by atoms with E-state index in [1.807, 2.05) is 44.2 Å². The molecule has 0 bridgehead atoms. The molecule has 128 valence electrons. The van der Waals surface area contributed by atoms with Gasteiger partial charge in [0.2, 0.25) is 5.91 Å². The van der Waals surface area contributed by atoms with Gasteiger partial charge in [0.05, 0.1) is 0 Å². The van der Waals surface area contributed by atoms with Crippen LogP contribution < -0.4 is 5.32 Å². The van der Waals surface area contributed by atoms with Crippen LogP contribution in [0.2, 0.25) is 0 Å². The smallest absolute Gasteiger partial charge is 0.253 e. The van der Waals surface area contributed by atoms with Crippen molar-refractivity contribution in [2.75, 3.05) is 13.1 Å². The summed E-state index contributed by atoms with van der Waals surface area (Å²) < 4.78 is 27.9. The fourth-order valence-electron chi connectivity index (χ4n) is 2.90. The first kappa shape index (κ1) is 17.1. The lowest BCUT2D eigenvalue weighted by Crippen LogP contribution is -2.52. The van der Waals surface area contributed by atoms with Crippen molar-refractivity contribution in [3.05, 3.63) is 52.4 Å². The molecule has 0 saturated carbocycles. The van der Waals surface area contributed by atoms with Crippen molar-refractivity contribution < 1.29 is 13.2 Å². The lowest BCUT2D eigenvalue weighted by Gasteiger charge is -2.34. The monoisotopic (exact) mass is 364 g/mol. The van der Waals surface area contributed by atoms with E-state index in [9.17, 15) is 13.2 Å². The summed E-state index contributed by atoms with van der Waals surface area (Å²) in [4.78, 5) is 13.5. The highest BCUT2D eigenvalue weighted by atomic mass is 32.2. The zero-order valence-electron chi connectivity index (χ0n) is 13.7. The molecule has 1 aliphatic rings. The molecule has 1 unspecified atom stereocenters. The Morgan fingerprint density at radius 2 is 2.00 bits per heavy atom. The van der Waals surface area contributed by atoms with Crippen LogP contribution in [0.5, 0.6) is 0 Å². The standard InChI is InChI=1S/C17H20N2O3S2/c1-3-13-8-9-15(23-13)24(21,22)19-11-10-18-17(20)16(19)14-7-5-4-6-12(14)2/h4-9,16H,3,10-11H2,1-2H3,(H,18,20). The Kier molecular flexibility index (Phi) is 4.76. The number of rotatable bonds is 4. The summed E-state index contributed by atoms with van der Waals surface area (Å²) in [5.74, 6) is -0.272. The number of sulfonamides is 1. The lowest BCUT2D eigenvalue weighted by atomic mass is 9.99. The van der Waals surface area contributed by atoms with Crippen molar-refractivity contribution in [1.82, 2.24) is 9.62 Å². The molecule has 1 saturated heterocycles. The number of hydrogen-bond donors (Lipinski definition) is 1. The molecular weight excluding hydrogens is 344 g/mol. The molecule has 0 radical (unpaired) electrons. The van der Waals surface area contributed by atoms with Crippen LogP contribution >= 0.6 is 11.3 Å². The SMILES string of the molecule is CCc1ccc(S(=O)(=O)N2CCNC(=O)C2c2ccccc2C)s1. The summed E-state index contributed by atoms with van der Waals surface area (Å²) >= 11 is 1.27. The highest BCUT2D eigenvalue weighted by molar-refractivity contribution is 7.91. The number of thiophene rings is 1. The molecule has 2 heterocycles. The van der Waals surface area contributed by atoms with Gasteiger partial charge in [0, 0.05) is 18.0 Å². The number of benzene rings is 1. The second-order valence-electron chi connectivity index (χ2n) is 5.74. The van der Waals surface area contributed by atoms with Gasteiger partial charge in [-0.1, -0.05) is 31.2 Å². The number of nitrogens with one attached hydrogen (secondary N) is 1. The van der Waals surface area contributed by atoms with Gasteiger partial charge in [0.25, 0.3) is 10.0 Å². The molecular formula is C17H20N2O3S2. The van der Waals surface area contributed by atoms with Gasteiger partial charge in [-0.05, 0) is 36.6 Å². The number of carbonyl (C=O) groups is 1. The van der Waals surface area contributed by atoms with Crippen LogP contribution in [-0.4, -0.2) is 31.7 Å². The van der Waals surface area contributed by atoms with Crippen LogP contribution in [0.3, 0.4) is 0 Å². The van der Waals surface area contributed by atoms with Crippen LogP contribution in [0.1, 0.15) is 29.0 Å². The molecule has 1 atom stereocenters. The maximum atomic E-state index is 13.1. The van der Waals surface area contributed by atoms with Gasteiger partial charge in [-0.2, -0.15) is 4.31 Å². The fourth-order valence-corrected chi connectivity index (χ4v) is 5.89. The molecule has 1 aromatic heterocycles. The van der Waals surface area contributed by atoms with Crippen LogP contribution in [0, 0.1) is 6.92 Å². The quantitative estimate of drug-likeness (QED) is 0.906. The summed E-state index contributed by atoms with van der Waals surface area (Å²) in [6.45, 7) is 4.48. The Labute approximate surface area is 146 Å². The van der Waals surface area contributed by atoms with E-state index >= 15 is 0 Å². The zero-order chi connectivity index (χ0) is 17.3. The van der Waals surface area contributed by atoms with Crippen molar-refractivity contribution in [1.29, 1.82) is 0 Å². The van der Waals surface area contributed by atoms with Crippen molar-refractivity contribution in [2.45, 2.75) is 30.5 Å². The van der Waals surface area contributed by atoms with E-state index in [4.69, 9.17) is 0 Å². The molecule has 7 heteroatoms. The lowest BCUT2D eigenvalue weighted by molar-refractivity contribution is -0.126. The summed E-state index contributed by atoms with van der Waals surface area (Å²) in [5.41, 5.74) is 1.63. The molecule has 0 spiro atoms. The van der Waals surface area contributed by atoms with E-state index in [1.54, 1.807) is 6.07 Å².